The Hall–Kier alpha value is -3.08. The molecule has 9 nitrogen and oxygen atoms in total. The van der Waals surface area contributed by atoms with Crippen molar-refractivity contribution in [3.8, 4) is 32.5 Å². The Bertz CT molecular complexity index is 2960. The minimum Gasteiger partial charge on any atom is -0.314 e. The topological polar surface area (TPSA) is 122 Å². The lowest BCUT2D eigenvalue weighted by molar-refractivity contribution is -0.153. The number of benzene rings is 2. The minimum absolute atomic E-state index is 0.0397. The van der Waals surface area contributed by atoms with Gasteiger partial charge in [-0.15, -0.1) is 22.7 Å². The number of thiophene rings is 2. The van der Waals surface area contributed by atoms with Crippen molar-refractivity contribution in [2.24, 2.45) is 0 Å². The van der Waals surface area contributed by atoms with Crippen molar-refractivity contribution in [2.45, 2.75) is 110 Å². The van der Waals surface area contributed by atoms with Crippen molar-refractivity contribution in [2.75, 3.05) is 20.1 Å². The maximum atomic E-state index is 15.2. The Kier molecular flexibility index (Phi) is 15.7. The summed E-state index contributed by atoms with van der Waals surface area (Å²) >= 11 is 27.2. The maximum Gasteiger partial charge on any atom is 0.395 e. The van der Waals surface area contributed by atoms with E-state index >= 15 is 26.3 Å². The Balaban J connectivity index is 0.974. The van der Waals surface area contributed by atoms with Crippen LogP contribution in [0.25, 0.3) is 32.5 Å². The molecule has 0 bridgehead atoms. The van der Waals surface area contributed by atoms with E-state index in [1.807, 2.05) is 4.90 Å². The van der Waals surface area contributed by atoms with Gasteiger partial charge in [-0.3, -0.25) is 9.11 Å². The number of fused-ring (bicyclic) bond motifs is 6. The number of halogens is 10. The van der Waals surface area contributed by atoms with Crippen LogP contribution in [0.4, 0.5) is 26.3 Å². The van der Waals surface area contributed by atoms with Crippen molar-refractivity contribution in [3.63, 3.8) is 0 Å². The highest BCUT2D eigenvalue weighted by Gasteiger charge is 2.45. The molecule has 0 radical (unpaired) electrons. The Morgan fingerprint density at radius 3 is 1.34 bits per heavy atom. The molecule has 2 unspecified atom stereocenters. The summed E-state index contributed by atoms with van der Waals surface area (Å²) in [6.07, 6.45) is -3.82. The molecule has 0 fully saturated rings. The summed E-state index contributed by atoms with van der Waals surface area (Å²) < 4.78 is 162. The first-order valence-electron chi connectivity index (χ1n) is 22.2. The van der Waals surface area contributed by atoms with E-state index in [9.17, 15) is 25.9 Å². The molecule has 4 aromatic heterocycles. The van der Waals surface area contributed by atoms with E-state index in [1.165, 1.54) is 36.7 Å². The number of aromatic nitrogens is 2. The lowest BCUT2D eigenvalue weighted by Gasteiger charge is -2.23. The number of aryl methyl sites for hydroxylation is 2. The van der Waals surface area contributed by atoms with E-state index < -0.39 is 44.4 Å². The van der Waals surface area contributed by atoms with Crippen molar-refractivity contribution in [3.05, 3.63) is 114 Å². The third-order valence-corrected chi connectivity index (χ3v) is 19.0. The third-order valence-electron chi connectivity index (χ3n) is 13.0. The molecule has 2 aliphatic carbocycles. The minimum atomic E-state index is -4.66. The summed E-state index contributed by atoms with van der Waals surface area (Å²) in [7, 11) is -7.44. The van der Waals surface area contributed by atoms with Gasteiger partial charge in [0.25, 0.3) is 0 Å². The van der Waals surface area contributed by atoms with E-state index in [-0.39, 0.29) is 68.1 Å². The van der Waals surface area contributed by atoms with Crippen LogP contribution in [0.5, 0.6) is 0 Å². The van der Waals surface area contributed by atoms with Gasteiger partial charge >= 0.3 is 32.6 Å². The van der Waals surface area contributed by atoms with Crippen LogP contribution in [-0.2, 0) is 45.9 Å². The van der Waals surface area contributed by atoms with Crippen LogP contribution in [0.1, 0.15) is 96.6 Å². The second kappa shape index (κ2) is 20.7. The van der Waals surface area contributed by atoms with Crippen molar-refractivity contribution < 1.29 is 52.3 Å². The van der Waals surface area contributed by atoms with Gasteiger partial charge in [-0.2, -0.15) is 43.2 Å². The summed E-state index contributed by atoms with van der Waals surface area (Å²) in [6, 6.07) is 11.9. The van der Waals surface area contributed by atoms with Crippen LogP contribution in [-0.4, -0.2) is 72.5 Å². The molecule has 0 aliphatic heterocycles. The van der Waals surface area contributed by atoms with E-state index in [1.54, 1.807) is 40.4 Å². The van der Waals surface area contributed by atoms with Gasteiger partial charge < -0.3 is 14.0 Å². The van der Waals surface area contributed by atoms with E-state index in [4.69, 9.17) is 46.4 Å². The first kappa shape index (κ1) is 53.2. The summed E-state index contributed by atoms with van der Waals surface area (Å²) in [5, 5.41) is 0.948. The number of alkyl halides is 6. The standard InChI is InChI=1S/C47H45Cl4F6N3O6S4/c1-58(18-4-2-12-34(46(52,53)54)32-24-59(38-16-14-28(48)22-36(38)50)42-30(32)10-6-8-26-20-40(67-44(26)42)69(61,62)63)19-5-3-13-35(47(55,56)57)33-25-60(39-17-15-29(49)23-37(39)51)43-31(33)11-7-9-27-21-41(68-45(27)43)70(64,65)66/h14-17,20-25,34-35H,2-13,18-19H2,1H3,(H,61,62,63)(H,64,65,66). The molecule has 4 heterocycles. The zero-order chi connectivity index (χ0) is 50.7. The third kappa shape index (κ3) is 11.3. The molecule has 2 atom stereocenters. The summed E-state index contributed by atoms with van der Waals surface area (Å²) in [5.74, 6) is -3.78. The quantitative estimate of drug-likeness (QED) is 0.0562. The van der Waals surface area contributed by atoms with Crippen LogP contribution in [0.2, 0.25) is 20.1 Å². The van der Waals surface area contributed by atoms with E-state index in [0.717, 1.165) is 22.7 Å². The molecular weight excluding hydrogens is 1090 g/mol. The Morgan fingerprint density at radius 2 is 1.00 bits per heavy atom. The predicted molar refractivity (Wildman–Crippen MR) is 265 cm³/mol. The monoisotopic (exact) mass is 1130 g/mol. The molecule has 378 valence electrons. The Labute approximate surface area is 429 Å². The highest BCUT2D eigenvalue weighted by Crippen LogP contribution is 2.51. The van der Waals surface area contributed by atoms with Gasteiger partial charge in [0.15, 0.2) is 0 Å². The molecule has 0 amide bonds. The van der Waals surface area contributed by atoms with Crippen LogP contribution in [0.15, 0.2) is 69.3 Å². The van der Waals surface area contributed by atoms with Gasteiger partial charge in [0.2, 0.25) is 0 Å². The normalized spacial score (nSPS) is 15.3. The average Bonchev–Trinajstić information content (AvgIpc) is 3.99. The van der Waals surface area contributed by atoms with Crippen LogP contribution in [0, 0.1) is 0 Å². The number of unbranched alkanes of at least 4 members (excludes halogenated alkanes) is 2. The summed E-state index contributed by atoms with van der Waals surface area (Å²) in [4.78, 5) is 2.73. The second-order valence-corrected chi connectivity index (χ2v) is 24.8. The molecule has 2 aliphatic rings. The zero-order valence-corrected chi connectivity index (χ0v) is 43.4. The SMILES string of the molecule is CN(CCCCC(c1cn(-c2ccc(Cl)cc2Cl)c2c1CCCc1cc(S(=O)(=O)O)sc1-2)C(F)(F)F)CCCCC(c1cn(-c2ccc(Cl)cc2Cl)c2c1CCCc1cc(S(=O)(=O)O)sc1-2)C(F)(F)F. The summed E-state index contributed by atoms with van der Waals surface area (Å²) in [6.45, 7) is 0.771. The fraction of sp³-hybridized carbons (Fsp3) is 0.404. The zero-order valence-electron chi connectivity index (χ0n) is 37.1. The number of rotatable bonds is 16. The summed E-state index contributed by atoms with van der Waals surface area (Å²) in [5.41, 5.74) is 3.50. The first-order valence-corrected chi connectivity index (χ1v) is 28.3. The van der Waals surface area contributed by atoms with Crippen molar-refractivity contribution in [1.82, 2.24) is 14.0 Å². The van der Waals surface area contributed by atoms with Gasteiger partial charge in [-0.25, -0.2) is 0 Å². The molecule has 0 spiro atoms. The molecule has 8 rings (SSSR count). The second-order valence-electron chi connectivity index (χ2n) is 17.7. The lowest BCUT2D eigenvalue weighted by atomic mass is 9.89. The molecule has 2 aromatic carbocycles. The molecule has 0 saturated carbocycles. The van der Waals surface area contributed by atoms with Crippen molar-refractivity contribution in [1.29, 1.82) is 0 Å². The average molecular weight is 1130 g/mol. The molecule has 23 heteroatoms. The first-order chi connectivity index (χ1) is 32.8. The largest absolute Gasteiger partial charge is 0.395 e. The number of hydrogen-bond donors (Lipinski definition) is 2. The Morgan fingerprint density at radius 1 is 0.614 bits per heavy atom. The van der Waals surface area contributed by atoms with Crippen LogP contribution < -0.4 is 0 Å². The van der Waals surface area contributed by atoms with Crippen LogP contribution >= 0.6 is 69.1 Å². The van der Waals surface area contributed by atoms with Crippen molar-refractivity contribution >= 4 is 89.3 Å². The fourth-order valence-corrected chi connectivity index (χ4v) is 14.7. The predicted octanol–water partition coefficient (Wildman–Crippen LogP) is 15.1. The molecular formula is C47H45Cl4F6N3O6S4. The van der Waals surface area contributed by atoms with Gasteiger partial charge in [0, 0.05) is 22.4 Å². The van der Waals surface area contributed by atoms with Gasteiger partial charge in [0.1, 0.15) is 8.42 Å². The van der Waals surface area contributed by atoms with E-state index in [0.29, 0.717) is 116 Å². The maximum absolute atomic E-state index is 15.2. The number of nitrogens with zero attached hydrogens (tertiary/aromatic N) is 3. The van der Waals surface area contributed by atoms with Gasteiger partial charge in [-0.05, 0) is 166 Å². The molecule has 70 heavy (non-hydrogen) atoms. The lowest BCUT2D eigenvalue weighted by Crippen LogP contribution is -2.24. The highest BCUT2D eigenvalue weighted by atomic mass is 35.5. The van der Waals surface area contributed by atoms with Gasteiger partial charge in [0.05, 0.1) is 54.4 Å². The highest BCUT2D eigenvalue weighted by molar-refractivity contribution is 7.88. The fourth-order valence-electron chi connectivity index (χ4n) is 9.79. The number of hydrogen-bond acceptors (Lipinski definition) is 7. The van der Waals surface area contributed by atoms with Gasteiger partial charge in [-0.1, -0.05) is 59.2 Å². The molecule has 6 aromatic rings. The smallest absolute Gasteiger partial charge is 0.314 e. The molecule has 0 saturated heterocycles. The van der Waals surface area contributed by atoms with Crippen LogP contribution in [0.3, 0.4) is 0 Å². The van der Waals surface area contributed by atoms with E-state index in [2.05, 4.69) is 0 Å². The molecule has 2 N–H and O–H groups in total.